The first-order valence-electron chi connectivity index (χ1n) is 6.91. The lowest BCUT2D eigenvalue weighted by Crippen LogP contribution is -2.28. The predicted octanol–water partition coefficient (Wildman–Crippen LogP) is 4.85. The fourth-order valence-electron chi connectivity index (χ4n) is 2.94. The third-order valence-electron chi connectivity index (χ3n) is 4.04. The second-order valence-electron chi connectivity index (χ2n) is 5.21. The Kier molecular flexibility index (Phi) is 4.47. The highest BCUT2D eigenvalue weighted by Gasteiger charge is 2.32. The van der Waals surface area contributed by atoms with Crippen molar-refractivity contribution in [1.29, 1.82) is 0 Å². The van der Waals surface area contributed by atoms with Crippen LogP contribution >= 0.6 is 39.1 Å². The van der Waals surface area contributed by atoms with E-state index in [-0.39, 0.29) is 0 Å². The standard InChI is InChI=1S/C16H16BrCl2NO2/c1-21-15-8-13-11(7-12(15)18)10-3-4-16(19,22-2)9-14(10)20(13)6-5-17/h3-4,7-8H,5-6,9H2,1-2H3. The summed E-state index contributed by atoms with van der Waals surface area (Å²) in [5.41, 5.74) is 3.39. The molecule has 3 rings (SSSR count). The molecule has 1 aromatic carbocycles. The first kappa shape index (κ1) is 16.2. The van der Waals surface area contributed by atoms with Gasteiger partial charge in [-0.05, 0) is 12.1 Å². The summed E-state index contributed by atoms with van der Waals surface area (Å²) in [6.07, 6.45) is 4.52. The van der Waals surface area contributed by atoms with Gasteiger partial charge in [-0.2, -0.15) is 0 Å². The van der Waals surface area contributed by atoms with Gasteiger partial charge >= 0.3 is 0 Å². The van der Waals surface area contributed by atoms with Crippen LogP contribution in [0.2, 0.25) is 5.02 Å². The van der Waals surface area contributed by atoms with Crippen molar-refractivity contribution in [3.8, 4) is 5.75 Å². The molecule has 0 radical (unpaired) electrons. The Morgan fingerprint density at radius 1 is 1.36 bits per heavy atom. The fourth-order valence-corrected chi connectivity index (χ4v) is 3.72. The first-order chi connectivity index (χ1) is 10.5. The number of aryl methyl sites for hydroxylation is 1. The zero-order valence-electron chi connectivity index (χ0n) is 12.3. The highest BCUT2D eigenvalue weighted by molar-refractivity contribution is 9.09. The number of hydrogen-bond donors (Lipinski definition) is 0. The Hall–Kier alpha value is -0.680. The molecule has 1 aliphatic rings. The van der Waals surface area contributed by atoms with Crippen molar-refractivity contribution in [3.05, 3.63) is 34.5 Å². The Balaban J connectivity index is 2.28. The summed E-state index contributed by atoms with van der Waals surface area (Å²) < 4.78 is 13.0. The second-order valence-corrected chi connectivity index (χ2v) is 7.05. The monoisotopic (exact) mass is 403 g/mol. The SMILES string of the molecule is COc1cc2c(cc1Cl)c1c(n2CCBr)CC(Cl)(OC)C=C1. The second kappa shape index (κ2) is 6.08. The Bertz CT molecular complexity index is 756. The van der Waals surface area contributed by atoms with E-state index in [2.05, 4.69) is 20.5 Å². The molecule has 6 heteroatoms. The van der Waals surface area contributed by atoms with Crippen LogP contribution in [0.15, 0.2) is 18.2 Å². The molecule has 1 aromatic heterocycles. The van der Waals surface area contributed by atoms with Crippen LogP contribution in [0.4, 0.5) is 0 Å². The van der Waals surface area contributed by atoms with Gasteiger partial charge < -0.3 is 14.0 Å². The van der Waals surface area contributed by atoms with Crippen molar-refractivity contribution >= 4 is 56.1 Å². The molecule has 1 heterocycles. The summed E-state index contributed by atoms with van der Waals surface area (Å²) in [7, 11) is 3.25. The van der Waals surface area contributed by atoms with E-state index >= 15 is 0 Å². The highest BCUT2D eigenvalue weighted by Crippen LogP contribution is 2.40. The predicted molar refractivity (Wildman–Crippen MR) is 95.6 cm³/mol. The van der Waals surface area contributed by atoms with Crippen molar-refractivity contribution in [2.24, 2.45) is 0 Å². The number of aromatic nitrogens is 1. The van der Waals surface area contributed by atoms with Gasteiger partial charge in [0.05, 0.1) is 17.6 Å². The summed E-state index contributed by atoms with van der Waals surface area (Å²) >= 11 is 16.3. The zero-order valence-corrected chi connectivity index (χ0v) is 15.4. The number of methoxy groups -OCH3 is 2. The molecule has 0 fully saturated rings. The van der Waals surface area contributed by atoms with Crippen LogP contribution in [0.25, 0.3) is 17.0 Å². The normalized spacial score (nSPS) is 20.4. The maximum absolute atomic E-state index is 6.49. The highest BCUT2D eigenvalue weighted by atomic mass is 79.9. The number of alkyl halides is 2. The van der Waals surface area contributed by atoms with Gasteiger partial charge in [-0.25, -0.2) is 0 Å². The van der Waals surface area contributed by atoms with Crippen molar-refractivity contribution in [2.45, 2.75) is 18.0 Å². The maximum atomic E-state index is 6.49. The smallest absolute Gasteiger partial charge is 0.165 e. The minimum absolute atomic E-state index is 0.608. The largest absolute Gasteiger partial charge is 0.495 e. The third-order valence-corrected chi connectivity index (χ3v) is 5.11. The summed E-state index contributed by atoms with van der Waals surface area (Å²) in [4.78, 5) is 0. The molecule has 1 unspecified atom stereocenters. The van der Waals surface area contributed by atoms with Crippen LogP contribution in [0.3, 0.4) is 0 Å². The van der Waals surface area contributed by atoms with E-state index in [9.17, 15) is 0 Å². The summed E-state index contributed by atoms with van der Waals surface area (Å²) in [5.74, 6) is 0.674. The molecule has 0 N–H and O–H groups in total. The zero-order chi connectivity index (χ0) is 15.9. The molecule has 118 valence electrons. The molecule has 0 spiro atoms. The molecule has 0 saturated carbocycles. The number of fused-ring (bicyclic) bond motifs is 3. The molecular weight excluding hydrogens is 389 g/mol. The Morgan fingerprint density at radius 2 is 2.14 bits per heavy atom. The number of rotatable bonds is 4. The Labute approximate surface area is 147 Å². The van der Waals surface area contributed by atoms with Gasteiger partial charge in [0.2, 0.25) is 0 Å². The molecule has 22 heavy (non-hydrogen) atoms. The number of benzene rings is 1. The first-order valence-corrected chi connectivity index (χ1v) is 8.78. The molecule has 0 aliphatic heterocycles. The van der Waals surface area contributed by atoms with Gasteiger partial charge in [-0.1, -0.05) is 45.2 Å². The van der Waals surface area contributed by atoms with Crippen LogP contribution < -0.4 is 4.74 Å². The minimum atomic E-state index is -0.792. The maximum Gasteiger partial charge on any atom is 0.165 e. The average molecular weight is 405 g/mol. The molecule has 2 aromatic rings. The van der Waals surface area contributed by atoms with E-state index in [4.69, 9.17) is 32.7 Å². The van der Waals surface area contributed by atoms with Crippen LogP contribution in [0.5, 0.6) is 5.75 Å². The van der Waals surface area contributed by atoms with E-state index in [1.807, 2.05) is 24.3 Å². The lowest BCUT2D eigenvalue weighted by molar-refractivity contribution is 0.103. The molecule has 1 aliphatic carbocycles. The van der Waals surface area contributed by atoms with Gasteiger partial charge in [0.1, 0.15) is 5.75 Å². The number of nitrogens with zero attached hydrogens (tertiary/aromatic N) is 1. The summed E-state index contributed by atoms with van der Waals surface area (Å²) in [6.45, 7) is 0.834. The van der Waals surface area contributed by atoms with Crippen LogP contribution in [-0.2, 0) is 17.7 Å². The lowest BCUT2D eigenvalue weighted by atomic mass is 9.99. The molecule has 0 saturated heterocycles. The fraction of sp³-hybridized carbons (Fsp3) is 0.375. The van der Waals surface area contributed by atoms with Crippen molar-refractivity contribution in [1.82, 2.24) is 4.57 Å². The van der Waals surface area contributed by atoms with Crippen molar-refractivity contribution in [2.75, 3.05) is 19.5 Å². The van der Waals surface area contributed by atoms with Crippen LogP contribution in [-0.4, -0.2) is 29.2 Å². The van der Waals surface area contributed by atoms with Crippen molar-refractivity contribution in [3.63, 3.8) is 0 Å². The number of halogens is 3. The van der Waals surface area contributed by atoms with Crippen molar-refractivity contribution < 1.29 is 9.47 Å². The molecule has 0 bridgehead atoms. The summed E-state index contributed by atoms with van der Waals surface area (Å²) in [6, 6.07) is 3.94. The van der Waals surface area contributed by atoms with Gasteiger partial charge in [0.25, 0.3) is 0 Å². The number of ether oxygens (including phenoxy) is 2. The average Bonchev–Trinajstić information content (AvgIpc) is 2.79. The van der Waals surface area contributed by atoms with Crippen LogP contribution in [0.1, 0.15) is 11.3 Å². The lowest BCUT2D eigenvalue weighted by Gasteiger charge is -2.26. The molecule has 3 nitrogen and oxygen atoms in total. The van der Waals surface area contributed by atoms with Gasteiger partial charge in [0.15, 0.2) is 5.06 Å². The van der Waals surface area contributed by atoms with Crippen LogP contribution in [0, 0.1) is 0 Å². The minimum Gasteiger partial charge on any atom is -0.495 e. The third kappa shape index (κ3) is 2.56. The molecular formula is C16H16BrCl2NO2. The summed E-state index contributed by atoms with van der Waals surface area (Å²) in [5, 5.41) is 1.77. The van der Waals surface area contributed by atoms with Gasteiger partial charge in [0, 0.05) is 48.1 Å². The molecule has 0 amide bonds. The number of hydrogen-bond acceptors (Lipinski definition) is 2. The topological polar surface area (TPSA) is 23.4 Å². The van der Waals surface area contributed by atoms with E-state index in [0.29, 0.717) is 17.2 Å². The van der Waals surface area contributed by atoms with Gasteiger partial charge in [-0.15, -0.1) is 0 Å². The van der Waals surface area contributed by atoms with E-state index in [1.165, 1.54) is 0 Å². The van der Waals surface area contributed by atoms with E-state index in [0.717, 1.165) is 34.0 Å². The quantitative estimate of drug-likeness (QED) is 0.680. The van der Waals surface area contributed by atoms with Gasteiger partial charge in [-0.3, -0.25) is 0 Å². The Morgan fingerprint density at radius 3 is 2.77 bits per heavy atom. The van der Waals surface area contributed by atoms with E-state index < -0.39 is 5.06 Å². The van der Waals surface area contributed by atoms with E-state index in [1.54, 1.807) is 14.2 Å². The molecule has 1 atom stereocenters.